The highest BCUT2D eigenvalue weighted by Gasteiger charge is 2.63. The number of benzene rings is 2. The van der Waals surface area contributed by atoms with Gasteiger partial charge in [0.05, 0.1) is 32.1 Å². The van der Waals surface area contributed by atoms with Crippen LogP contribution in [0.5, 0.6) is 0 Å². The number of fused-ring (bicyclic) bond motifs is 1. The number of hydrogen-bond donors (Lipinski definition) is 2. The number of ether oxygens (including phenoxy) is 2. The summed E-state index contributed by atoms with van der Waals surface area (Å²) in [5, 5.41) is 11.9. The van der Waals surface area contributed by atoms with Gasteiger partial charge in [-0.05, 0) is 35.9 Å². The van der Waals surface area contributed by atoms with Gasteiger partial charge in [-0.3, -0.25) is 4.79 Å². The number of rotatable bonds is 9. The predicted octanol–water partition coefficient (Wildman–Crippen LogP) is 4.01. The van der Waals surface area contributed by atoms with E-state index in [0.29, 0.717) is 10.0 Å². The number of urea groups is 1. The van der Waals surface area contributed by atoms with Crippen molar-refractivity contribution in [2.75, 3.05) is 37.8 Å². The molecule has 0 radical (unpaired) electrons. The number of hydrogen-bond acceptors (Lipinski definition) is 6. The minimum Gasteiger partial charge on any atom is -0.444 e. The van der Waals surface area contributed by atoms with Gasteiger partial charge in [0.2, 0.25) is 0 Å². The van der Waals surface area contributed by atoms with E-state index in [1.165, 1.54) is 23.1 Å². The fourth-order valence-electron chi connectivity index (χ4n) is 4.55. The molecule has 2 fully saturated rings. The molecule has 4 rings (SSSR count). The second-order valence-electron chi connectivity index (χ2n) is 8.49. The molecule has 0 saturated carbocycles. The van der Waals surface area contributed by atoms with Crippen LogP contribution >= 0.6 is 39.1 Å². The van der Waals surface area contributed by atoms with Crippen molar-refractivity contribution in [2.24, 2.45) is 0 Å². The molecule has 2 N–H and O–H groups in total. The number of amides is 4. The van der Waals surface area contributed by atoms with Gasteiger partial charge in [0, 0.05) is 33.9 Å². The van der Waals surface area contributed by atoms with Crippen molar-refractivity contribution in [3.63, 3.8) is 0 Å². The fourth-order valence-corrected chi connectivity index (χ4v) is 5.33. The molecule has 2 aliphatic heterocycles. The maximum absolute atomic E-state index is 13.9. The molecule has 12 heteroatoms. The highest BCUT2D eigenvalue weighted by atomic mass is 79.9. The number of alkyl carbamates (subject to hydrolysis) is 1. The first-order valence-electron chi connectivity index (χ1n) is 11.2. The molecule has 0 bridgehead atoms. The molecule has 9 nitrogen and oxygen atoms in total. The predicted molar refractivity (Wildman–Crippen MR) is 137 cm³/mol. The largest absolute Gasteiger partial charge is 0.444 e. The number of carbonyl (C=O) groups excluding carboxylic acids is 3. The molecule has 2 aromatic rings. The molecule has 4 amide bonds. The van der Waals surface area contributed by atoms with Crippen molar-refractivity contribution in [3.8, 4) is 0 Å². The summed E-state index contributed by atoms with van der Waals surface area (Å²) in [6.45, 7) is 0.531. The molecule has 192 valence electrons. The van der Waals surface area contributed by atoms with Crippen LogP contribution < -0.4 is 10.2 Å². The minimum absolute atomic E-state index is 0.0559. The Morgan fingerprint density at radius 1 is 1.14 bits per heavy atom. The summed E-state index contributed by atoms with van der Waals surface area (Å²) < 4.78 is 11.5. The van der Waals surface area contributed by atoms with E-state index < -0.39 is 29.7 Å². The molecule has 0 aliphatic carbocycles. The van der Waals surface area contributed by atoms with Crippen LogP contribution in [0.1, 0.15) is 12.0 Å². The molecular formula is C24H24BrCl2N3O6. The van der Waals surface area contributed by atoms with E-state index in [0.717, 1.165) is 14.9 Å². The van der Waals surface area contributed by atoms with Crippen molar-refractivity contribution < 1.29 is 29.0 Å². The summed E-state index contributed by atoms with van der Waals surface area (Å²) in [7, 11) is 0. The summed E-state index contributed by atoms with van der Waals surface area (Å²) in [6, 6.07) is 11.5. The number of aliphatic hydroxyl groups is 1. The lowest BCUT2D eigenvalue weighted by Gasteiger charge is -2.28. The van der Waals surface area contributed by atoms with Crippen LogP contribution in [0.25, 0.3) is 0 Å². The average Bonchev–Trinajstić information content (AvgIpc) is 3.26. The van der Waals surface area contributed by atoms with Crippen LogP contribution in [0.3, 0.4) is 0 Å². The molecule has 2 heterocycles. The average molecular weight is 601 g/mol. The normalized spacial score (nSPS) is 21.2. The number of nitrogens with one attached hydrogen (secondary N) is 1. The lowest BCUT2D eigenvalue weighted by Crippen LogP contribution is -2.47. The molecule has 2 aliphatic rings. The van der Waals surface area contributed by atoms with Gasteiger partial charge in [0.15, 0.2) is 0 Å². The Kier molecular flexibility index (Phi) is 8.41. The number of aliphatic hydroxyl groups excluding tert-OH is 1. The number of imide groups is 1. The summed E-state index contributed by atoms with van der Waals surface area (Å²) in [6.07, 6.45) is -0.985. The summed E-state index contributed by atoms with van der Waals surface area (Å²) in [4.78, 5) is 42.3. The van der Waals surface area contributed by atoms with Crippen molar-refractivity contribution in [3.05, 3.63) is 62.5 Å². The zero-order valence-electron chi connectivity index (χ0n) is 19.1. The first-order chi connectivity index (χ1) is 17.2. The number of carbonyl (C=O) groups is 3. The molecule has 0 aromatic heterocycles. The second-order valence-corrected chi connectivity index (χ2v) is 10.3. The van der Waals surface area contributed by atoms with Gasteiger partial charge in [-0.25, -0.2) is 14.5 Å². The Balaban J connectivity index is 1.56. The minimum atomic E-state index is -1.24. The Morgan fingerprint density at radius 2 is 1.83 bits per heavy atom. The van der Waals surface area contributed by atoms with E-state index in [2.05, 4.69) is 21.2 Å². The molecule has 2 atom stereocenters. The van der Waals surface area contributed by atoms with Crippen molar-refractivity contribution in [2.45, 2.75) is 24.5 Å². The Morgan fingerprint density at radius 3 is 2.50 bits per heavy atom. The van der Waals surface area contributed by atoms with Gasteiger partial charge in [0.1, 0.15) is 11.6 Å². The van der Waals surface area contributed by atoms with Gasteiger partial charge in [-0.15, -0.1) is 0 Å². The number of anilines is 1. The molecular weight excluding hydrogens is 577 g/mol. The second kappa shape index (κ2) is 11.4. The number of nitrogens with zero attached hydrogens (tertiary/aromatic N) is 2. The number of halogens is 3. The first kappa shape index (κ1) is 26.7. The van der Waals surface area contributed by atoms with Crippen LogP contribution in [0.15, 0.2) is 46.9 Å². The van der Waals surface area contributed by atoms with E-state index in [1.54, 1.807) is 0 Å². The smallest absolute Gasteiger partial charge is 0.407 e. The third-order valence-electron chi connectivity index (χ3n) is 6.03. The van der Waals surface area contributed by atoms with Crippen LogP contribution in [0.2, 0.25) is 10.0 Å². The topological polar surface area (TPSA) is 108 Å². The van der Waals surface area contributed by atoms with Gasteiger partial charge in [0.25, 0.3) is 5.91 Å². The zero-order chi connectivity index (χ0) is 25.9. The zero-order valence-corrected chi connectivity index (χ0v) is 22.2. The summed E-state index contributed by atoms with van der Waals surface area (Å²) in [5.41, 5.74) is -0.110. The monoisotopic (exact) mass is 599 g/mol. The van der Waals surface area contributed by atoms with Crippen LogP contribution in [0, 0.1) is 0 Å². The van der Waals surface area contributed by atoms with Crippen molar-refractivity contribution in [1.29, 1.82) is 0 Å². The third-order valence-corrected chi connectivity index (χ3v) is 7.00. The standard InChI is InChI=1S/C24H24BrCl2N3O6/c25-16-3-1-15(2-4-16)12-24-13-20(36-22(33)28-5-7-35-8-6-31)14-29(24)23(34)30(21(24)32)19-10-17(26)9-18(27)11-19/h1-4,9-11,20,31H,5-8,12-14H2,(H,28,33)/t20-,24+/m1/s1. The van der Waals surface area contributed by atoms with E-state index in [4.69, 9.17) is 37.8 Å². The van der Waals surface area contributed by atoms with E-state index in [9.17, 15) is 14.4 Å². The first-order valence-corrected chi connectivity index (χ1v) is 12.8. The molecule has 0 unspecified atom stereocenters. The molecule has 0 spiro atoms. The van der Waals surface area contributed by atoms with Crippen LogP contribution in [0.4, 0.5) is 15.3 Å². The quantitative estimate of drug-likeness (QED) is 0.333. The third kappa shape index (κ3) is 5.63. The van der Waals surface area contributed by atoms with Gasteiger partial charge in [-0.1, -0.05) is 51.3 Å². The SMILES string of the molecule is O=C(NCCOCCO)O[C@H]1CN2C(=O)N(c3cc(Cl)cc(Cl)c3)C(=O)[C@]2(Cc2ccc(Br)cc2)C1. The molecule has 2 aromatic carbocycles. The maximum Gasteiger partial charge on any atom is 0.407 e. The lowest BCUT2D eigenvalue weighted by atomic mass is 9.87. The Labute approximate surface area is 226 Å². The lowest BCUT2D eigenvalue weighted by molar-refractivity contribution is -0.124. The summed E-state index contributed by atoms with van der Waals surface area (Å²) in [5.74, 6) is -0.433. The van der Waals surface area contributed by atoms with Crippen LogP contribution in [-0.2, 0) is 20.7 Å². The van der Waals surface area contributed by atoms with Crippen molar-refractivity contribution in [1.82, 2.24) is 10.2 Å². The summed E-state index contributed by atoms with van der Waals surface area (Å²) >= 11 is 15.7. The van der Waals surface area contributed by atoms with E-state index >= 15 is 0 Å². The highest BCUT2D eigenvalue weighted by molar-refractivity contribution is 9.10. The van der Waals surface area contributed by atoms with Crippen molar-refractivity contribution >= 4 is 62.9 Å². The van der Waals surface area contributed by atoms with Gasteiger partial charge in [-0.2, -0.15) is 0 Å². The maximum atomic E-state index is 13.9. The highest BCUT2D eigenvalue weighted by Crippen LogP contribution is 2.44. The van der Waals surface area contributed by atoms with Gasteiger partial charge >= 0.3 is 12.1 Å². The van der Waals surface area contributed by atoms with E-state index in [1.807, 2.05) is 24.3 Å². The molecule has 2 saturated heterocycles. The van der Waals surface area contributed by atoms with E-state index in [-0.39, 0.29) is 51.4 Å². The van der Waals surface area contributed by atoms with Gasteiger partial charge < -0.3 is 24.8 Å². The Hall–Kier alpha value is -2.37. The molecule has 36 heavy (non-hydrogen) atoms. The Bertz CT molecular complexity index is 1130. The van der Waals surface area contributed by atoms with Crippen LogP contribution in [-0.4, -0.2) is 72.6 Å². The fraction of sp³-hybridized carbons (Fsp3) is 0.375.